The van der Waals surface area contributed by atoms with Gasteiger partial charge in [-0.3, -0.25) is 9.88 Å². The van der Waals surface area contributed by atoms with E-state index < -0.39 is 58.4 Å². The van der Waals surface area contributed by atoms with Gasteiger partial charge < -0.3 is 20.1 Å². The first kappa shape index (κ1) is 30.1. The van der Waals surface area contributed by atoms with E-state index in [1.165, 1.54) is 6.20 Å². The van der Waals surface area contributed by atoms with Crippen LogP contribution in [0.1, 0.15) is 33.6 Å². The fourth-order valence-electron chi connectivity index (χ4n) is 5.17. The van der Waals surface area contributed by atoms with E-state index in [1.807, 2.05) is 0 Å². The lowest BCUT2D eigenvalue weighted by Gasteiger charge is -2.42. The van der Waals surface area contributed by atoms with Crippen molar-refractivity contribution in [2.45, 2.75) is 57.5 Å². The Morgan fingerprint density at radius 2 is 1.74 bits per heavy atom. The van der Waals surface area contributed by atoms with Crippen molar-refractivity contribution in [3.8, 4) is 17.3 Å². The number of benzene rings is 1. The number of nitrogen functional groups attached to an aromatic ring is 1. The number of rotatable bonds is 4. The van der Waals surface area contributed by atoms with Crippen molar-refractivity contribution in [1.82, 2.24) is 19.9 Å². The van der Waals surface area contributed by atoms with E-state index in [-0.39, 0.29) is 52.7 Å². The van der Waals surface area contributed by atoms with Crippen molar-refractivity contribution < 1.29 is 36.2 Å². The molecule has 4 heterocycles. The second kappa shape index (κ2) is 10.7. The molecule has 3 aromatic rings. The van der Waals surface area contributed by atoms with E-state index in [0.717, 1.165) is 6.07 Å². The number of carbonyl (C=O) groups is 1. The van der Waals surface area contributed by atoms with Crippen LogP contribution in [0.3, 0.4) is 0 Å². The van der Waals surface area contributed by atoms with Gasteiger partial charge in [0.2, 0.25) is 0 Å². The molecule has 0 saturated carbocycles. The maximum Gasteiger partial charge on any atom is 0.422 e. The summed E-state index contributed by atoms with van der Waals surface area (Å²) in [6.07, 6.45) is -2.71. The number of amides is 1. The van der Waals surface area contributed by atoms with Crippen molar-refractivity contribution in [2.75, 3.05) is 30.3 Å². The predicted molar refractivity (Wildman–Crippen MR) is 146 cm³/mol. The largest absolute Gasteiger partial charge is 0.454 e. The van der Waals surface area contributed by atoms with Crippen molar-refractivity contribution in [3.05, 3.63) is 33.9 Å². The number of pyridine rings is 1. The van der Waals surface area contributed by atoms with Gasteiger partial charge in [0.15, 0.2) is 12.4 Å². The van der Waals surface area contributed by atoms with Gasteiger partial charge in [-0.1, -0.05) is 23.2 Å². The molecule has 16 heteroatoms. The van der Waals surface area contributed by atoms with E-state index in [2.05, 4.69) is 15.0 Å². The van der Waals surface area contributed by atoms with Gasteiger partial charge in [-0.05, 0) is 39.7 Å². The molecule has 1 aromatic carbocycles. The highest BCUT2D eigenvalue weighted by atomic mass is 35.5. The smallest absolute Gasteiger partial charge is 0.422 e. The molecule has 2 bridgehead atoms. The predicted octanol–water partition coefficient (Wildman–Crippen LogP) is 6.39. The zero-order valence-corrected chi connectivity index (χ0v) is 24.0. The number of halogens is 7. The number of aromatic nitrogens is 3. The molecule has 0 spiro atoms. The van der Waals surface area contributed by atoms with Crippen LogP contribution in [0.15, 0.2) is 12.3 Å². The van der Waals surface area contributed by atoms with Crippen molar-refractivity contribution in [3.63, 3.8) is 0 Å². The normalized spacial score (nSPS) is 19.0. The molecule has 2 aliphatic heterocycles. The van der Waals surface area contributed by atoms with Crippen molar-refractivity contribution in [1.29, 1.82) is 0 Å². The number of ether oxygens (including phenoxy) is 2. The summed E-state index contributed by atoms with van der Waals surface area (Å²) in [6, 6.07) is -0.480. The molecule has 0 aliphatic carbocycles. The quantitative estimate of drug-likeness (QED) is 0.200. The maximum atomic E-state index is 16.1. The monoisotopic (exact) mass is 634 g/mol. The van der Waals surface area contributed by atoms with E-state index >= 15 is 4.39 Å². The van der Waals surface area contributed by atoms with Gasteiger partial charge in [0.1, 0.15) is 28.4 Å². The molecular weight excluding hydrogens is 610 g/mol. The van der Waals surface area contributed by atoms with Crippen LogP contribution in [0.25, 0.3) is 22.2 Å². The van der Waals surface area contributed by atoms with E-state index in [0.29, 0.717) is 12.8 Å². The van der Waals surface area contributed by atoms with E-state index in [9.17, 15) is 22.4 Å². The van der Waals surface area contributed by atoms with Crippen LogP contribution >= 0.6 is 23.2 Å². The van der Waals surface area contributed by atoms with E-state index in [1.54, 1.807) is 30.6 Å². The molecule has 2 aliphatic rings. The average molecular weight is 635 g/mol. The molecule has 2 saturated heterocycles. The lowest BCUT2D eigenvalue weighted by atomic mass is 10.1. The van der Waals surface area contributed by atoms with Gasteiger partial charge >= 0.3 is 18.3 Å². The summed E-state index contributed by atoms with van der Waals surface area (Å²) >= 11 is 12.3. The Bertz CT molecular complexity index is 1530. The minimum absolute atomic E-state index is 0.0392. The molecule has 2 fully saturated rings. The Hall–Kier alpha value is -3.39. The highest BCUT2D eigenvalue weighted by Gasteiger charge is 2.45. The molecule has 226 valence electrons. The molecule has 2 atom stereocenters. The number of nitrogens with two attached hydrogens (primary N) is 1. The maximum absolute atomic E-state index is 16.1. The zero-order valence-electron chi connectivity index (χ0n) is 22.5. The Morgan fingerprint density at radius 3 is 2.33 bits per heavy atom. The minimum atomic E-state index is -4.72. The highest BCUT2D eigenvalue weighted by molar-refractivity contribution is 6.40. The number of fused-ring (bicyclic) bond motifs is 3. The summed E-state index contributed by atoms with van der Waals surface area (Å²) in [5.41, 5.74) is 3.47. The van der Waals surface area contributed by atoms with Crippen LogP contribution < -0.4 is 15.4 Å². The van der Waals surface area contributed by atoms with Gasteiger partial charge in [-0.25, -0.2) is 13.6 Å². The number of hydrogen-bond donors (Lipinski definition) is 1. The van der Waals surface area contributed by atoms with Gasteiger partial charge in [0, 0.05) is 24.8 Å². The summed E-state index contributed by atoms with van der Waals surface area (Å²) in [5, 5.41) is -0.792. The lowest BCUT2D eigenvalue weighted by molar-refractivity contribution is -0.154. The number of alkyl halides is 3. The fourth-order valence-corrected chi connectivity index (χ4v) is 5.69. The summed E-state index contributed by atoms with van der Waals surface area (Å²) in [4.78, 5) is 28.5. The SMILES string of the molecule is CC(C)(C)OC(=O)N1C2CCC1CN(c1nc(OCC(F)(F)F)nc3c(F)c(-c4c(Cl)c(N)cc(F)c4Cl)ncc13)C2. The summed E-state index contributed by atoms with van der Waals surface area (Å²) in [7, 11) is 0. The van der Waals surface area contributed by atoms with Crippen LogP contribution in [-0.4, -0.2) is 69.5 Å². The van der Waals surface area contributed by atoms with Gasteiger partial charge in [-0.2, -0.15) is 23.1 Å². The third-order valence-electron chi connectivity index (χ3n) is 6.82. The molecule has 5 rings (SSSR count). The Balaban J connectivity index is 1.60. The number of piperazine rings is 1. The zero-order chi connectivity index (χ0) is 30.7. The Morgan fingerprint density at radius 1 is 1.10 bits per heavy atom. The van der Waals surface area contributed by atoms with Gasteiger partial charge in [0.05, 0.1) is 33.2 Å². The second-order valence-corrected chi connectivity index (χ2v) is 11.8. The Kier molecular flexibility index (Phi) is 7.67. The minimum Gasteiger partial charge on any atom is -0.454 e. The molecule has 2 unspecified atom stereocenters. The number of anilines is 2. The summed E-state index contributed by atoms with van der Waals surface area (Å²) in [5.74, 6) is -2.09. The first-order valence-electron chi connectivity index (χ1n) is 12.8. The average Bonchev–Trinajstić information content (AvgIpc) is 3.15. The van der Waals surface area contributed by atoms with Crippen molar-refractivity contribution in [2.24, 2.45) is 0 Å². The van der Waals surface area contributed by atoms with Crippen molar-refractivity contribution >= 4 is 51.7 Å². The molecule has 42 heavy (non-hydrogen) atoms. The van der Waals surface area contributed by atoms with Crippen LogP contribution in [0.4, 0.5) is 38.3 Å². The summed E-state index contributed by atoms with van der Waals surface area (Å²) < 4.78 is 79.8. The molecule has 9 nitrogen and oxygen atoms in total. The van der Waals surface area contributed by atoms with Gasteiger partial charge in [0.25, 0.3) is 0 Å². The summed E-state index contributed by atoms with van der Waals surface area (Å²) in [6.45, 7) is 3.99. The lowest BCUT2D eigenvalue weighted by Crippen LogP contribution is -2.57. The molecule has 0 radical (unpaired) electrons. The first-order chi connectivity index (χ1) is 19.5. The standard InChI is InChI=1S/C26H25Cl2F5N6O3/c1-25(2,3)42-24(40)39-11-4-5-12(39)9-38(8-11)22-13-7-35-21(16-17(27)14(29)6-15(34)18(16)28)19(30)20(13)36-23(37-22)41-10-26(31,32)33/h6-7,11-12H,4-5,8-10,34H2,1-3H3. The van der Waals surface area contributed by atoms with Crippen LogP contribution in [0.2, 0.25) is 10.0 Å². The molecule has 2 N–H and O–H groups in total. The van der Waals surface area contributed by atoms with E-state index in [4.69, 9.17) is 38.4 Å². The topological polar surface area (TPSA) is 107 Å². The van der Waals surface area contributed by atoms with Crippen LogP contribution in [0, 0.1) is 11.6 Å². The fraction of sp³-hybridized carbons (Fsp3) is 0.462. The first-order valence-corrected chi connectivity index (χ1v) is 13.5. The number of hydrogen-bond acceptors (Lipinski definition) is 8. The number of carbonyl (C=O) groups excluding carboxylic acids is 1. The number of nitrogens with zero attached hydrogens (tertiary/aromatic N) is 5. The third kappa shape index (κ3) is 5.78. The second-order valence-electron chi connectivity index (χ2n) is 11.0. The molecule has 2 aromatic heterocycles. The molecular formula is C26H25Cl2F5N6O3. The highest BCUT2D eigenvalue weighted by Crippen LogP contribution is 2.43. The molecule has 1 amide bonds. The third-order valence-corrected chi connectivity index (χ3v) is 7.59. The Labute approximate surface area is 246 Å². The van der Waals surface area contributed by atoms with Gasteiger partial charge in [-0.15, -0.1) is 0 Å². The van der Waals surface area contributed by atoms with Crippen LogP contribution in [0.5, 0.6) is 6.01 Å². The van der Waals surface area contributed by atoms with Crippen LogP contribution in [-0.2, 0) is 4.74 Å².